The molecule has 1 amide bonds. The number of aryl methyl sites for hydroxylation is 1. The minimum absolute atomic E-state index is 0.0996. The molecule has 0 radical (unpaired) electrons. The topological polar surface area (TPSA) is 57.6 Å². The third kappa shape index (κ3) is 4.26. The number of amides is 1. The quantitative estimate of drug-likeness (QED) is 0.909. The van der Waals surface area contributed by atoms with E-state index < -0.39 is 17.6 Å². The molecule has 1 aromatic rings. The summed E-state index contributed by atoms with van der Waals surface area (Å²) in [6.07, 6.45) is 1.77. The number of carbonyl (C=O) groups is 2. The van der Waals surface area contributed by atoms with Gasteiger partial charge in [0.1, 0.15) is 0 Å². The molecule has 4 nitrogen and oxygen atoms in total. The van der Waals surface area contributed by atoms with Crippen LogP contribution in [0.4, 0.5) is 8.78 Å². The van der Waals surface area contributed by atoms with Gasteiger partial charge in [0, 0.05) is 25.9 Å². The smallest absolute Gasteiger partial charge is 0.303 e. The standard InChI is InChI=1S/C16H19F2NO3/c17-13-3-1-2-12(16(13)18)4-5-14(20)19-8-6-11(7-9-19)10-15(21)22/h1-3,11H,4-10H2,(H,21,22). The van der Waals surface area contributed by atoms with E-state index in [4.69, 9.17) is 5.11 Å². The molecule has 0 unspecified atom stereocenters. The molecular weight excluding hydrogens is 292 g/mol. The Morgan fingerprint density at radius 2 is 1.91 bits per heavy atom. The van der Waals surface area contributed by atoms with E-state index in [2.05, 4.69) is 0 Å². The molecule has 0 spiro atoms. The van der Waals surface area contributed by atoms with Gasteiger partial charge in [-0.2, -0.15) is 0 Å². The van der Waals surface area contributed by atoms with Crippen LogP contribution < -0.4 is 0 Å². The van der Waals surface area contributed by atoms with Crippen molar-refractivity contribution in [2.75, 3.05) is 13.1 Å². The number of carbonyl (C=O) groups excluding carboxylic acids is 1. The summed E-state index contributed by atoms with van der Waals surface area (Å²) in [5, 5.41) is 8.75. The molecule has 22 heavy (non-hydrogen) atoms. The minimum atomic E-state index is -0.903. The summed E-state index contributed by atoms with van der Waals surface area (Å²) >= 11 is 0. The fraction of sp³-hybridized carbons (Fsp3) is 0.500. The van der Waals surface area contributed by atoms with E-state index in [0.29, 0.717) is 25.9 Å². The second kappa shape index (κ2) is 7.33. The van der Waals surface area contributed by atoms with Gasteiger partial charge in [0.2, 0.25) is 5.91 Å². The Kier molecular flexibility index (Phi) is 5.46. The fourth-order valence-corrected chi connectivity index (χ4v) is 2.77. The van der Waals surface area contributed by atoms with Crippen molar-refractivity contribution in [2.24, 2.45) is 5.92 Å². The molecule has 1 aliphatic rings. The molecule has 2 rings (SSSR count). The molecule has 1 aliphatic heterocycles. The van der Waals surface area contributed by atoms with Crippen LogP contribution >= 0.6 is 0 Å². The molecular formula is C16H19F2NO3. The Labute approximate surface area is 127 Å². The Hall–Kier alpha value is -1.98. The van der Waals surface area contributed by atoms with Gasteiger partial charge in [-0.3, -0.25) is 9.59 Å². The minimum Gasteiger partial charge on any atom is -0.481 e. The molecule has 0 aromatic heterocycles. The third-order valence-corrected chi connectivity index (χ3v) is 4.07. The summed E-state index contributed by atoms with van der Waals surface area (Å²) in [5.41, 5.74) is 0.203. The fourth-order valence-electron chi connectivity index (χ4n) is 2.77. The molecule has 6 heteroatoms. The Bertz CT molecular complexity index is 554. The van der Waals surface area contributed by atoms with Crippen molar-refractivity contribution < 1.29 is 23.5 Å². The molecule has 0 atom stereocenters. The number of halogens is 2. The van der Waals surface area contributed by atoms with Gasteiger partial charge >= 0.3 is 5.97 Å². The Balaban J connectivity index is 1.81. The van der Waals surface area contributed by atoms with E-state index in [-0.39, 0.29) is 36.7 Å². The van der Waals surface area contributed by atoms with Crippen LogP contribution in [0.25, 0.3) is 0 Å². The predicted octanol–water partition coefficient (Wildman–Crippen LogP) is 2.61. The van der Waals surface area contributed by atoms with Gasteiger partial charge in [0.05, 0.1) is 0 Å². The van der Waals surface area contributed by atoms with Crippen molar-refractivity contribution in [3.05, 3.63) is 35.4 Å². The first kappa shape index (κ1) is 16.4. The van der Waals surface area contributed by atoms with Crippen molar-refractivity contribution in [1.82, 2.24) is 4.90 Å². The summed E-state index contributed by atoms with van der Waals surface area (Å²) < 4.78 is 26.6. The van der Waals surface area contributed by atoms with Gasteiger partial charge in [0.15, 0.2) is 11.6 Å². The van der Waals surface area contributed by atoms with E-state index in [1.54, 1.807) is 4.90 Å². The molecule has 1 heterocycles. The number of aliphatic carboxylic acids is 1. The van der Waals surface area contributed by atoms with Crippen molar-refractivity contribution in [3.63, 3.8) is 0 Å². The maximum absolute atomic E-state index is 13.5. The van der Waals surface area contributed by atoms with Crippen molar-refractivity contribution in [2.45, 2.75) is 32.1 Å². The summed E-state index contributed by atoms with van der Waals surface area (Å²) in [7, 11) is 0. The number of benzene rings is 1. The molecule has 120 valence electrons. The first-order valence-electron chi connectivity index (χ1n) is 7.40. The van der Waals surface area contributed by atoms with Crippen LogP contribution in [-0.4, -0.2) is 35.0 Å². The average molecular weight is 311 g/mol. The molecule has 1 aromatic carbocycles. The number of likely N-dealkylation sites (tertiary alicyclic amines) is 1. The Morgan fingerprint density at radius 1 is 1.23 bits per heavy atom. The lowest BCUT2D eigenvalue weighted by Crippen LogP contribution is -2.39. The van der Waals surface area contributed by atoms with Crippen LogP contribution in [0.15, 0.2) is 18.2 Å². The number of hydrogen-bond donors (Lipinski definition) is 1. The predicted molar refractivity (Wildman–Crippen MR) is 76.2 cm³/mol. The summed E-state index contributed by atoms with van der Waals surface area (Å²) in [6, 6.07) is 3.95. The van der Waals surface area contributed by atoms with E-state index >= 15 is 0 Å². The highest BCUT2D eigenvalue weighted by atomic mass is 19.2. The average Bonchev–Trinajstić information content (AvgIpc) is 2.48. The number of rotatable bonds is 5. The van der Waals surface area contributed by atoms with Crippen LogP contribution in [0.2, 0.25) is 0 Å². The Morgan fingerprint density at radius 3 is 2.55 bits per heavy atom. The van der Waals surface area contributed by atoms with E-state index in [1.165, 1.54) is 12.1 Å². The first-order valence-corrected chi connectivity index (χ1v) is 7.40. The van der Waals surface area contributed by atoms with Gasteiger partial charge in [0.25, 0.3) is 0 Å². The van der Waals surface area contributed by atoms with Crippen LogP contribution in [0.5, 0.6) is 0 Å². The zero-order valence-corrected chi connectivity index (χ0v) is 12.2. The van der Waals surface area contributed by atoms with Crippen molar-refractivity contribution in [3.8, 4) is 0 Å². The number of hydrogen-bond acceptors (Lipinski definition) is 2. The van der Waals surface area contributed by atoms with Crippen LogP contribution in [0.3, 0.4) is 0 Å². The zero-order chi connectivity index (χ0) is 16.1. The number of nitrogens with zero attached hydrogens (tertiary/aromatic N) is 1. The van der Waals surface area contributed by atoms with Crippen LogP contribution in [-0.2, 0) is 16.0 Å². The monoisotopic (exact) mass is 311 g/mol. The number of piperidine rings is 1. The van der Waals surface area contributed by atoms with Gasteiger partial charge in [-0.05, 0) is 36.8 Å². The van der Waals surface area contributed by atoms with Gasteiger partial charge < -0.3 is 10.0 Å². The molecule has 0 aliphatic carbocycles. The normalized spacial score (nSPS) is 15.8. The number of carboxylic acid groups (broad SMARTS) is 1. The maximum Gasteiger partial charge on any atom is 0.303 e. The molecule has 0 saturated carbocycles. The highest BCUT2D eigenvalue weighted by molar-refractivity contribution is 5.76. The van der Waals surface area contributed by atoms with Crippen molar-refractivity contribution >= 4 is 11.9 Å². The number of carboxylic acids is 1. The molecule has 0 bridgehead atoms. The van der Waals surface area contributed by atoms with Gasteiger partial charge in [-0.15, -0.1) is 0 Å². The lowest BCUT2D eigenvalue weighted by molar-refractivity contribution is -0.138. The lowest BCUT2D eigenvalue weighted by atomic mass is 9.93. The summed E-state index contributed by atoms with van der Waals surface area (Å²) in [6.45, 7) is 1.06. The SMILES string of the molecule is O=C(O)CC1CCN(C(=O)CCc2cccc(F)c2F)CC1. The molecule has 1 saturated heterocycles. The second-order valence-electron chi connectivity index (χ2n) is 5.63. The molecule has 1 fully saturated rings. The summed E-state index contributed by atoms with van der Waals surface area (Å²) in [4.78, 5) is 24.4. The van der Waals surface area contributed by atoms with Gasteiger partial charge in [-0.25, -0.2) is 8.78 Å². The van der Waals surface area contributed by atoms with Gasteiger partial charge in [-0.1, -0.05) is 12.1 Å². The third-order valence-electron chi connectivity index (χ3n) is 4.07. The van der Waals surface area contributed by atoms with Crippen LogP contribution in [0, 0.1) is 17.6 Å². The second-order valence-corrected chi connectivity index (χ2v) is 5.63. The van der Waals surface area contributed by atoms with E-state index in [0.717, 1.165) is 6.07 Å². The largest absolute Gasteiger partial charge is 0.481 e. The first-order chi connectivity index (χ1) is 10.5. The van der Waals surface area contributed by atoms with Crippen molar-refractivity contribution in [1.29, 1.82) is 0 Å². The lowest BCUT2D eigenvalue weighted by Gasteiger charge is -2.31. The highest BCUT2D eigenvalue weighted by Gasteiger charge is 2.24. The zero-order valence-electron chi connectivity index (χ0n) is 12.2. The summed E-state index contributed by atoms with van der Waals surface area (Å²) in [5.74, 6) is -2.60. The van der Waals surface area contributed by atoms with E-state index in [9.17, 15) is 18.4 Å². The van der Waals surface area contributed by atoms with E-state index in [1.807, 2.05) is 0 Å². The highest BCUT2D eigenvalue weighted by Crippen LogP contribution is 2.21. The van der Waals surface area contributed by atoms with Crippen LogP contribution in [0.1, 0.15) is 31.2 Å². The molecule has 1 N–H and O–H groups in total. The maximum atomic E-state index is 13.5.